The molecule has 0 aromatic carbocycles. The number of halogens is 1. The third kappa shape index (κ3) is 2.73. The van der Waals surface area contributed by atoms with Crippen LogP contribution < -0.4 is 11.1 Å². The quantitative estimate of drug-likeness (QED) is 0.786. The van der Waals surface area contributed by atoms with Crippen molar-refractivity contribution in [2.45, 2.75) is 13.8 Å². The van der Waals surface area contributed by atoms with Crippen LogP contribution in [0, 0.1) is 11.2 Å². The number of nitrogens with two attached hydrogens (primary N) is 1. The van der Waals surface area contributed by atoms with Gasteiger partial charge in [-0.25, -0.2) is 9.37 Å². The van der Waals surface area contributed by atoms with Crippen molar-refractivity contribution in [1.29, 1.82) is 0 Å². The van der Waals surface area contributed by atoms with E-state index in [4.69, 9.17) is 18.0 Å². The van der Waals surface area contributed by atoms with Crippen molar-refractivity contribution < 1.29 is 9.18 Å². The highest BCUT2D eigenvalue weighted by molar-refractivity contribution is 7.80. The van der Waals surface area contributed by atoms with Gasteiger partial charge in [-0.2, -0.15) is 0 Å². The smallest absolute Gasteiger partial charge is 0.238 e. The van der Waals surface area contributed by atoms with E-state index in [1.165, 1.54) is 12.1 Å². The number of amides is 1. The summed E-state index contributed by atoms with van der Waals surface area (Å²) in [5, 5.41) is 2.51. The van der Waals surface area contributed by atoms with Crippen LogP contribution in [0.1, 0.15) is 13.8 Å². The van der Waals surface area contributed by atoms with Crippen LogP contribution in [0.3, 0.4) is 0 Å². The second kappa shape index (κ2) is 4.52. The predicted octanol–water partition coefficient (Wildman–Crippen LogP) is 1.47. The average molecular weight is 241 g/mol. The Labute approximate surface area is 98.1 Å². The Kier molecular flexibility index (Phi) is 3.54. The molecule has 0 atom stereocenters. The van der Waals surface area contributed by atoms with Crippen LogP contribution in [0.15, 0.2) is 18.3 Å². The summed E-state index contributed by atoms with van der Waals surface area (Å²) >= 11 is 4.78. The number of thiocarbonyl (C=S) groups is 1. The molecule has 1 rings (SSSR count). The number of rotatable bonds is 3. The second-order valence-corrected chi connectivity index (χ2v) is 4.24. The molecule has 0 bridgehead atoms. The molecule has 0 aliphatic heterocycles. The average Bonchev–Trinajstić information content (AvgIpc) is 2.21. The number of carbonyl (C=O) groups is 1. The highest BCUT2D eigenvalue weighted by Gasteiger charge is 2.31. The van der Waals surface area contributed by atoms with Crippen LogP contribution in [0.5, 0.6) is 0 Å². The SMILES string of the molecule is CC(C)(C(=O)Nc1ccc(F)cn1)C(N)=S. The van der Waals surface area contributed by atoms with Crippen molar-refractivity contribution in [3.8, 4) is 0 Å². The summed E-state index contributed by atoms with van der Waals surface area (Å²) in [6.07, 6.45) is 1.02. The van der Waals surface area contributed by atoms with Crippen molar-refractivity contribution in [2.75, 3.05) is 5.32 Å². The molecule has 0 fully saturated rings. The Bertz CT molecular complexity index is 417. The lowest BCUT2D eigenvalue weighted by atomic mass is 9.92. The third-order valence-electron chi connectivity index (χ3n) is 2.15. The van der Waals surface area contributed by atoms with Gasteiger partial charge in [0, 0.05) is 0 Å². The lowest BCUT2D eigenvalue weighted by Gasteiger charge is -2.21. The van der Waals surface area contributed by atoms with E-state index in [1.54, 1.807) is 13.8 Å². The maximum Gasteiger partial charge on any atom is 0.238 e. The van der Waals surface area contributed by atoms with Gasteiger partial charge in [-0.1, -0.05) is 12.2 Å². The Morgan fingerprint density at radius 1 is 1.56 bits per heavy atom. The molecule has 1 aromatic rings. The Morgan fingerprint density at radius 2 is 2.19 bits per heavy atom. The first-order valence-corrected chi connectivity index (χ1v) is 4.98. The van der Waals surface area contributed by atoms with Gasteiger partial charge in [-0.3, -0.25) is 4.79 Å². The molecule has 0 aliphatic rings. The summed E-state index contributed by atoms with van der Waals surface area (Å²) in [6, 6.07) is 2.57. The molecule has 6 heteroatoms. The fourth-order valence-corrected chi connectivity index (χ4v) is 0.927. The summed E-state index contributed by atoms with van der Waals surface area (Å²) < 4.78 is 12.6. The van der Waals surface area contributed by atoms with Crippen molar-refractivity contribution in [1.82, 2.24) is 4.98 Å². The first-order chi connectivity index (χ1) is 7.34. The van der Waals surface area contributed by atoms with Crippen LogP contribution in [-0.4, -0.2) is 15.9 Å². The van der Waals surface area contributed by atoms with Gasteiger partial charge in [0.1, 0.15) is 11.6 Å². The van der Waals surface area contributed by atoms with Gasteiger partial charge < -0.3 is 11.1 Å². The number of hydrogen-bond donors (Lipinski definition) is 2. The second-order valence-electron chi connectivity index (χ2n) is 3.81. The molecule has 1 amide bonds. The van der Waals surface area contributed by atoms with Crippen LogP contribution in [-0.2, 0) is 4.79 Å². The molecule has 3 N–H and O–H groups in total. The largest absolute Gasteiger partial charge is 0.392 e. The zero-order valence-electron chi connectivity index (χ0n) is 8.95. The minimum Gasteiger partial charge on any atom is -0.392 e. The van der Waals surface area contributed by atoms with E-state index >= 15 is 0 Å². The van der Waals surface area contributed by atoms with E-state index in [1.807, 2.05) is 0 Å². The van der Waals surface area contributed by atoms with Gasteiger partial charge in [0.15, 0.2) is 0 Å². The Hall–Kier alpha value is -1.56. The number of anilines is 1. The first kappa shape index (κ1) is 12.5. The zero-order valence-corrected chi connectivity index (χ0v) is 9.77. The zero-order chi connectivity index (χ0) is 12.3. The summed E-state index contributed by atoms with van der Waals surface area (Å²) in [7, 11) is 0. The number of carbonyl (C=O) groups excluding carboxylic acids is 1. The lowest BCUT2D eigenvalue weighted by Crippen LogP contribution is -2.41. The van der Waals surface area contributed by atoms with E-state index in [2.05, 4.69) is 10.3 Å². The summed E-state index contributed by atoms with van der Waals surface area (Å²) in [6.45, 7) is 3.21. The van der Waals surface area contributed by atoms with Gasteiger partial charge in [0.05, 0.1) is 16.6 Å². The maximum absolute atomic E-state index is 12.6. The molecular weight excluding hydrogens is 229 g/mol. The third-order valence-corrected chi connectivity index (χ3v) is 2.66. The van der Waals surface area contributed by atoms with Gasteiger partial charge in [-0.05, 0) is 26.0 Å². The highest BCUT2D eigenvalue weighted by atomic mass is 32.1. The number of aromatic nitrogens is 1. The minimum atomic E-state index is -0.967. The van der Waals surface area contributed by atoms with Gasteiger partial charge in [-0.15, -0.1) is 0 Å². The van der Waals surface area contributed by atoms with E-state index < -0.39 is 11.2 Å². The number of nitrogens with zero attached hydrogens (tertiary/aromatic N) is 1. The minimum absolute atomic E-state index is 0.0899. The van der Waals surface area contributed by atoms with Crippen molar-refractivity contribution in [2.24, 2.45) is 11.1 Å². The van der Waals surface area contributed by atoms with Crippen LogP contribution in [0.2, 0.25) is 0 Å². The molecule has 16 heavy (non-hydrogen) atoms. The Balaban J connectivity index is 2.79. The molecule has 1 heterocycles. The lowest BCUT2D eigenvalue weighted by molar-refractivity contribution is -0.121. The summed E-state index contributed by atoms with van der Waals surface area (Å²) in [4.78, 5) is 15.5. The molecule has 0 saturated carbocycles. The normalized spacial score (nSPS) is 10.9. The molecule has 86 valence electrons. The van der Waals surface area contributed by atoms with Gasteiger partial charge >= 0.3 is 0 Å². The molecule has 4 nitrogen and oxygen atoms in total. The van der Waals surface area contributed by atoms with E-state index in [0.29, 0.717) is 0 Å². The predicted molar refractivity (Wildman–Crippen MR) is 63.4 cm³/mol. The van der Waals surface area contributed by atoms with Crippen LogP contribution >= 0.6 is 12.2 Å². The van der Waals surface area contributed by atoms with Crippen LogP contribution in [0.25, 0.3) is 0 Å². The van der Waals surface area contributed by atoms with Crippen LogP contribution in [0.4, 0.5) is 10.2 Å². The summed E-state index contributed by atoms with van der Waals surface area (Å²) in [5.41, 5.74) is 4.47. The number of pyridine rings is 1. The van der Waals surface area contributed by atoms with E-state index in [-0.39, 0.29) is 16.7 Å². The van der Waals surface area contributed by atoms with E-state index in [0.717, 1.165) is 6.20 Å². The van der Waals surface area contributed by atoms with Gasteiger partial charge in [0.25, 0.3) is 0 Å². The van der Waals surface area contributed by atoms with E-state index in [9.17, 15) is 9.18 Å². The Morgan fingerprint density at radius 3 is 2.62 bits per heavy atom. The number of hydrogen-bond acceptors (Lipinski definition) is 3. The maximum atomic E-state index is 12.6. The molecule has 0 unspecified atom stereocenters. The molecular formula is C10H12FN3OS. The fraction of sp³-hybridized carbons (Fsp3) is 0.300. The first-order valence-electron chi connectivity index (χ1n) is 4.57. The molecule has 0 aliphatic carbocycles. The standard InChI is InChI=1S/C10H12FN3OS/c1-10(2,8(12)16)9(15)14-7-4-3-6(11)5-13-7/h3-5H,1-2H3,(H2,12,16)(H,13,14,15). The van der Waals surface area contributed by atoms with Crippen molar-refractivity contribution >= 4 is 28.9 Å². The molecule has 1 aromatic heterocycles. The van der Waals surface area contributed by atoms with Crippen molar-refractivity contribution in [3.63, 3.8) is 0 Å². The summed E-state index contributed by atoms with van der Waals surface area (Å²) in [5.74, 6) is -0.582. The highest BCUT2D eigenvalue weighted by Crippen LogP contribution is 2.18. The topological polar surface area (TPSA) is 68.0 Å². The number of nitrogens with one attached hydrogen (secondary N) is 1. The monoisotopic (exact) mass is 241 g/mol. The molecule has 0 radical (unpaired) electrons. The van der Waals surface area contributed by atoms with Crippen molar-refractivity contribution in [3.05, 3.63) is 24.1 Å². The molecule has 0 spiro atoms. The van der Waals surface area contributed by atoms with Gasteiger partial charge in [0.2, 0.25) is 5.91 Å². The molecule has 0 saturated heterocycles. The fourth-order valence-electron chi connectivity index (χ4n) is 0.834.